The molecule has 2 heterocycles. The lowest BCUT2D eigenvalue weighted by Gasteiger charge is -2.33. The maximum absolute atomic E-state index is 12.9. The number of carbonyl (C=O) groups excluding carboxylic acids is 1. The van der Waals surface area contributed by atoms with E-state index >= 15 is 0 Å². The minimum absolute atomic E-state index is 0.0407. The molecule has 1 aromatic carbocycles. The van der Waals surface area contributed by atoms with Gasteiger partial charge in [0, 0.05) is 44.2 Å². The van der Waals surface area contributed by atoms with Crippen molar-refractivity contribution in [3.8, 4) is 0 Å². The normalized spacial score (nSPS) is 16.5. The van der Waals surface area contributed by atoms with Crippen LogP contribution in [0.4, 0.5) is 0 Å². The molecule has 8 nitrogen and oxygen atoms in total. The van der Waals surface area contributed by atoms with Crippen molar-refractivity contribution >= 4 is 26.9 Å². The van der Waals surface area contributed by atoms with E-state index in [-0.39, 0.29) is 17.3 Å². The molecule has 9 heteroatoms. The number of amides is 1. The number of hydrogen-bond acceptors (Lipinski definition) is 6. The van der Waals surface area contributed by atoms with Gasteiger partial charge in [0.25, 0.3) is 0 Å². The van der Waals surface area contributed by atoms with Crippen LogP contribution in [0.1, 0.15) is 13.8 Å². The zero-order valence-electron chi connectivity index (χ0n) is 16.1. The van der Waals surface area contributed by atoms with E-state index in [1.807, 2.05) is 18.7 Å². The summed E-state index contributed by atoms with van der Waals surface area (Å²) in [6, 6.07) is 7.28. The maximum Gasteiger partial charge on any atom is 0.336 e. The second-order valence-electron chi connectivity index (χ2n) is 7.33. The second-order valence-corrected chi connectivity index (χ2v) is 9.27. The minimum Gasteiger partial charge on any atom is -0.423 e. The molecule has 2 aromatic rings. The Labute approximate surface area is 164 Å². The average Bonchev–Trinajstić information content (AvgIpc) is 2.66. The molecule has 0 atom stereocenters. The fourth-order valence-corrected chi connectivity index (χ4v) is 4.52. The van der Waals surface area contributed by atoms with Gasteiger partial charge in [-0.1, -0.05) is 13.8 Å². The highest BCUT2D eigenvalue weighted by atomic mass is 32.2. The average molecular weight is 407 g/mol. The number of rotatable bonds is 6. The highest BCUT2D eigenvalue weighted by molar-refractivity contribution is 7.89. The maximum atomic E-state index is 12.9. The number of hydrogen-bond donors (Lipinski definition) is 1. The lowest BCUT2D eigenvalue weighted by Crippen LogP contribution is -2.51. The van der Waals surface area contributed by atoms with Crippen LogP contribution < -0.4 is 10.9 Å². The van der Waals surface area contributed by atoms with Crippen LogP contribution in [0.2, 0.25) is 0 Å². The number of nitrogens with zero attached hydrogens (tertiary/aromatic N) is 2. The van der Waals surface area contributed by atoms with Crippen molar-refractivity contribution < 1.29 is 17.6 Å². The van der Waals surface area contributed by atoms with Crippen molar-refractivity contribution in [3.63, 3.8) is 0 Å². The summed E-state index contributed by atoms with van der Waals surface area (Å²) >= 11 is 0. The van der Waals surface area contributed by atoms with Crippen LogP contribution in [-0.2, 0) is 14.8 Å². The first-order chi connectivity index (χ1) is 13.3. The van der Waals surface area contributed by atoms with E-state index in [0.717, 1.165) is 0 Å². The predicted molar refractivity (Wildman–Crippen MR) is 106 cm³/mol. The molecule has 1 aliphatic heterocycles. The molecule has 28 heavy (non-hydrogen) atoms. The molecule has 1 N–H and O–H groups in total. The standard InChI is InChI=1S/C19H25N3O5S/c1-14(2)12-20-18(23)13-21-7-9-22(10-8-21)28(25,26)16-4-5-17-15(11-16)3-6-19(24)27-17/h3-6,11,14H,7-10,12-13H2,1-2H3,(H,20,23). The summed E-state index contributed by atoms with van der Waals surface area (Å²) in [5.74, 6) is 0.349. The summed E-state index contributed by atoms with van der Waals surface area (Å²) in [5.41, 5.74) is -0.125. The van der Waals surface area contributed by atoms with E-state index in [1.54, 1.807) is 6.07 Å². The molecule has 3 rings (SSSR count). The van der Waals surface area contributed by atoms with Crippen molar-refractivity contribution in [3.05, 3.63) is 40.8 Å². The molecule has 152 valence electrons. The van der Waals surface area contributed by atoms with Gasteiger partial charge in [0.1, 0.15) is 5.58 Å². The molecule has 1 saturated heterocycles. The van der Waals surface area contributed by atoms with Crippen LogP contribution in [0.25, 0.3) is 11.0 Å². The molecule has 1 amide bonds. The Morgan fingerprint density at radius 3 is 2.54 bits per heavy atom. The molecule has 0 saturated carbocycles. The van der Waals surface area contributed by atoms with Crippen molar-refractivity contribution in [1.82, 2.24) is 14.5 Å². The van der Waals surface area contributed by atoms with Crippen molar-refractivity contribution in [1.29, 1.82) is 0 Å². The SMILES string of the molecule is CC(C)CNC(=O)CN1CCN(S(=O)(=O)c2ccc3oc(=O)ccc3c2)CC1. The molecule has 0 unspecified atom stereocenters. The monoisotopic (exact) mass is 407 g/mol. The summed E-state index contributed by atoms with van der Waals surface area (Å²) in [7, 11) is -3.65. The van der Waals surface area contributed by atoms with Crippen LogP contribution in [0, 0.1) is 5.92 Å². The summed E-state index contributed by atoms with van der Waals surface area (Å²) in [5, 5.41) is 3.43. The number of nitrogens with one attached hydrogen (secondary N) is 1. The summed E-state index contributed by atoms with van der Waals surface area (Å²) < 4.78 is 32.4. The predicted octanol–water partition coefficient (Wildman–Crippen LogP) is 0.872. The first-order valence-corrected chi connectivity index (χ1v) is 10.7. The minimum atomic E-state index is -3.65. The Kier molecular flexibility index (Phi) is 6.17. The molecule has 1 fully saturated rings. The van der Waals surface area contributed by atoms with Crippen molar-refractivity contribution in [2.75, 3.05) is 39.3 Å². The third-order valence-corrected chi connectivity index (χ3v) is 6.53. The quantitative estimate of drug-likeness (QED) is 0.714. The van der Waals surface area contributed by atoms with Crippen molar-refractivity contribution in [2.45, 2.75) is 18.7 Å². The van der Waals surface area contributed by atoms with E-state index in [0.29, 0.717) is 49.6 Å². The van der Waals surface area contributed by atoms with Gasteiger partial charge in [-0.25, -0.2) is 13.2 Å². The Morgan fingerprint density at radius 2 is 1.86 bits per heavy atom. The highest BCUT2D eigenvalue weighted by Crippen LogP contribution is 2.22. The van der Waals surface area contributed by atoms with E-state index in [4.69, 9.17) is 4.42 Å². The number of piperazine rings is 1. The number of fused-ring (bicyclic) bond motifs is 1. The first kappa shape index (κ1) is 20.5. The Balaban J connectivity index is 1.64. The molecule has 0 bridgehead atoms. The smallest absolute Gasteiger partial charge is 0.336 e. The lowest BCUT2D eigenvalue weighted by molar-refractivity contribution is -0.122. The summed E-state index contributed by atoms with van der Waals surface area (Å²) in [6.07, 6.45) is 0. The molecular weight excluding hydrogens is 382 g/mol. The summed E-state index contributed by atoms with van der Waals surface area (Å²) in [6.45, 7) is 6.61. The van der Waals surface area contributed by atoms with Crippen LogP contribution in [-0.4, -0.2) is 62.8 Å². The molecule has 1 aromatic heterocycles. The van der Waals surface area contributed by atoms with Gasteiger partial charge in [-0.15, -0.1) is 0 Å². The van der Waals surface area contributed by atoms with Gasteiger partial charge >= 0.3 is 5.63 Å². The van der Waals surface area contributed by atoms with Crippen molar-refractivity contribution in [2.24, 2.45) is 5.92 Å². The van der Waals surface area contributed by atoms with Gasteiger partial charge < -0.3 is 9.73 Å². The largest absolute Gasteiger partial charge is 0.423 e. The third kappa shape index (κ3) is 4.78. The Bertz CT molecular complexity index is 1010. The van der Waals surface area contributed by atoms with Gasteiger partial charge in [0.2, 0.25) is 15.9 Å². The van der Waals surface area contributed by atoms with Gasteiger partial charge in [0.15, 0.2) is 0 Å². The summed E-state index contributed by atoms with van der Waals surface area (Å²) in [4.78, 5) is 25.3. The van der Waals surface area contributed by atoms with Crippen LogP contribution in [0.5, 0.6) is 0 Å². The fraction of sp³-hybridized carbons (Fsp3) is 0.474. The first-order valence-electron chi connectivity index (χ1n) is 9.29. The topological polar surface area (TPSA) is 99.9 Å². The molecule has 1 aliphatic rings. The Hall–Kier alpha value is -2.23. The van der Waals surface area contributed by atoms with Crippen LogP contribution in [0.15, 0.2) is 44.4 Å². The van der Waals surface area contributed by atoms with Gasteiger partial charge in [-0.2, -0.15) is 4.31 Å². The molecule has 0 aliphatic carbocycles. The fourth-order valence-electron chi connectivity index (χ4n) is 3.06. The van der Waals surface area contributed by atoms with Crippen LogP contribution in [0.3, 0.4) is 0 Å². The number of carbonyl (C=O) groups is 1. The van der Waals surface area contributed by atoms with Gasteiger partial charge in [0.05, 0.1) is 11.4 Å². The Morgan fingerprint density at radius 1 is 1.14 bits per heavy atom. The van der Waals surface area contributed by atoms with E-state index in [1.165, 1.54) is 28.6 Å². The molecule has 0 spiro atoms. The van der Waals surface area contributed by atoms with E-state index in [9.17, 15) is 18.0 Å². The van der Waals surface area contributed by atoms with Gasteiger partial charge in [-0.05, 0) is 30.2 Å². The highest BCUT2D eigenvalue weighted by Gasteiger charge is 2.29. The molecular formula is C19H25N3O5S. The second kappa shape index (κ2) is 8.42. The zero-order chi connectivity index (χ0) is 20.3. The zero-order valence-corrected chi connectivity index (χ0v) is 16.9. The van der Waals surface area contributed by atoms with Gasteiger partial charge in [-0.3, -0.25) is 9.69 Å². The third-order valence-electron chi connectivity index (χ3n) is 4.63. The van der Waals surface area contributed by atoms with E-state index in [2.05, 4.69) is 5.32 Å². The van der Waals surface area contributed by atoms with Crippen LogP contribution >= 0.6 is 0 Å². The number of sulfonamides is 1. The van der Waals surface area contributed by atoms with E-state index < -0.39 is 15.6 Å². The number of benzene rings is 1. The lowest BCUT2D eigenvalue weighted by atomic mass is 10.2. The molecule has 0 radical (unpaired) electrons.